The first kappa shape index (κ1) is 13.5. The molecule has 0 saturated heterocycles. The third kappa shape index (κ3) is 3.43. The maximum Gasteiger partial charge on any atom is 0.306 e. The highest BCUT2D eigenvalue weighted by atomic mass is 32.2. The van der Waals surface area contributed by atoms with Gasteiger partial charge in [0.2, 0.25) is 0 Å². The number of hydrogen-bond donors (Lipinski definition) is 0. The molecule has 1 aromatic heterocycles. The van der Waals surface area contributed by atoms with Crippen molar-refractivity contribution in [1.29, 1.82) is 5.26 Å². The summed E-state index contributed by atoms with van der Waals surface area (Å²) in [6.07, 6.45) is 0.292. The topological polar surface area (TPSA) is 75.9 Å². The van der Waals surface area contributed by atoms with E-state index in [0.29, 0.717) is 22.8 Å². The molecule has 0 aliphatic heterocycles. The number of hydrogen-bond acceptors (Lipinski definition) is 6. The zero-order chi connectivity index (χ0) is 12.8. The van der Waals surface area contributed by atoms with Crippen LogP contribution in [0.1, 0.15) is 23.2 Å². The minimum atomic E-state index is -0.271. The van der Waals surface area contributed by atoms with Crippen molar-refractivity contribution in [1.82, 2.24) is 10.2 Å². The van der Waals surface area contributed by atoms with Gasteiger partial charge in [-0.1, -0.05) is 0 Å². The van der Waals surface area contributed by atoms with Gasteiger partial charge in [-0.05, 0) is 19.4 Å². The van der Waals surface area contributed by atoms with Gasteiger partial charge in [0.05, 0.1) is 24.8 Å². The van der Waals surface area contributed by atoms with E-state index < -0.39 is 0 Å². The molecule has 0 N–H and O–H groups in total. The Bertz CT molecular complexity index is 469. The van der Waals surface area contributed by atoms with Crippen LogP contribution in [0.2, 0.25) is 0 Å². The molecule has 0 radical (unpaired) electrons. The molecule has 1 heterocycles. The van der Waals surface area contributed by atoms with Gasteiger partial charge in [0, 0.05) is 5.75 Å². The Balaban J connectivity index is 2.76. The van der Waals surface area contributed by atoms with Gasteiger partial charge in [0.25, 0.3) is 0 Å². The fourth-order valence-corrected chi connectivity index (χ4v) is 2.06. The highest BCUT2D eigenvalue weighted by Gasteiger charge is 2.11. The minimum Gasteiger partial charge on any atom is -0.469 e. The average molecular weight is 251 g/mol. The van der Waals surface area contributed by atoms with Gasteiger partial charge in [0.15, 0.2) is 0 Å². The molecule has 1 rings (SSSR count). The van der Waals surface area contributed by atoms with Crippen LogP contribution in [0.15, 0.2) is 5.03 Å². The summed E-state index contributed by atoms with van der Waals surface area (Å²) in [6, 6.07) is 2.12. The van der Waals surface area contributed by atoms with Gasteiger partial charge in [-0.15, -0.1) is 16.9 Å². The second kappa shape index (κ2) is 6.21. The van der Waals surface area contributed by atoms with E-state index in [2.05, 4.69) is 21.0 Å². The molecule has 0 spiro atoms. The Hall–Kier alpha value is -1.61. The van der Waals surface area contributed by atoms with Crippen molar-refractivity contribution in [2.45, 2.75) is 25.3 Å². The molecule has 0 aliphatic rings. The number of esters is 1. The summed E-state index contributed by atoms with van der Waals surface area (Å²) in [4.78, 5) is 10.9. The number of rotatable bonds is 4. The number of nitriles is 1. The molecule has 5 nitrogen and oxygen atoms in total. The van der Waals surface area contributed by atoms with Crippen molar-refractivity contribution >= 4 is 17.7 Å². The van der Waals surface area contributed by atoms with Crippen LogP contribution in [-0.2, 0) is 9.53 Å². The summed E-state index contributed by atoms with van der Waals surface area (Å²) in [6.45, 7) is 3.65. The van der Waals surface area contributed by atoms with Crippen LogP contribution in [-0.4, -0.2) is 29.0 Å². The van der Waals surface area contributed by atoms with E-state index in [1.165, 1.54) is 18.9 Å². The van der Waals surface area contributed by atoms with E-state index in [-0.39, 0.29) is 5.97 Å². The Morgan fingerprint density at radius 1 is 1.47 bits per heavy atom. The fourth-order valence-electron chi connectivity index (χ4n) is 1.15. The maximum atomic E-state index is 10.9. The van der Waals surface area contributed by atoms with Crippen molar-refractivity contribution < 1.29 is 9.53 Å². The molecule has 0 atom stereocenters. The lowest BCUT2D eigenvalue weighted by Crippen LogP contribution is -2.03. The van der Waals surface area contributed by atoms with Crippen molar-refractivity contribution in [3.63, 3.8) is 0 Å². The highest BCUT2D eigenvalue weighted by molar-refractivity contribution is 7.99. The van der Waals surface area contributed by atoms with Gasteiger partial charge < -0.3 is 4.74 Å². The lowest BCUT2D eigenvalue weighted by molar-refractivity contribution is -0.140. The predicted octanol–water partition coefficient (Wildman–Crippen LogP) is 1.62. The van der Waals surface area contributed by atoms with Crippen molar-refractivity contribution in [2.24, 2.45) is 0 Å². The van der Waals surface area contributed by atoms with Gasteiger partial charge in [-0.25, -0.2) is 0 Å². The second-order valence-corrected chi connectivity index (χ2v) is 4.46. The first-order chi connectivity index (χ1) is 8.10. The smallest absolute Gasteiger partial charge is 0.306 e. The molecule has 0 unspecified atom stereocenters. The molecule has 0 amide bonds. The fraction of sp³-hybridized carbons (Fsp3) is 0.455. The number of carbonyl (C=O) groups excluding carboxylic acids is 1. The molecule has 0 fully saturated rings. The zero-order valence-corrected chi connectivity index (χ0v) is 10.8. The summed E-state index contributed by atoms with van der Waals surface area (Å²) >= 11 is 1.34. The Morgan fingerprint density at radius 2 is 2.18 bits per heavy atom. The Morgan fingerprint density at radius 3 is 2.76 bits per heavy atom. The molecule has 6 heteroatoms. The van der Waals surface area contributed by atoms with E-state index in [0.717, 1.165) is 11.3 Å². The first-order valence-electron chi connectivity index (χ1n) is 5.03. The summed E-state index contributed by atoms with van der Waals surface area (Å²) in [5.41, 5.74) is 2.12. The Kier molecular flexibility index (Phi) is 4.91. The van der Waals surface area contributed by atoms with Gasteiger partial charge >= 0.3 is 5.97 Å². The lowest BCUT2D eigenvalue weighted by Gasteiger charge is -2.05. The van der Waals surface area contributed by atoms with Gasteiger partial charge in [-0.3, -0.25) is 4.79 Å². The molecule has 17 heavy (non-hydrogen) atoms. The van der Waals surface area contributed by atoms with Crippen LogP contribution in [0.3, 0.4) is 0 Å². The number of aryl methyl sites for hydroxylation is 1. The summed E-state index contributed by atoms with van der Waals surface area (Å²) in [5, 5.41) is 17.6. The summed E-state index contributed by atoms with van der Waals surface area (Å²) < 4.78 is 4.53. The van der Waals surface area contributed by atoms with Crippen LogP contribution in [0.25, 0.3) is 0 Å². The minimum absolute atomic E-state index is 0.271. The molecular formula is C11H13N3O2S. The quantitative estimate of drug-likeness (QED) is 0.598. The Labute approximate surface area is 104 Å². The standard InChI is InChI=1S/C11H13N3O2S/c1-7-8(2)13-14-11(9(7)6-12)17-5-4-10(15)16-3/h4-5H2,1-3H3. The van der Waals surface area contributed by atoms with Crippen LogP contribution in [0.4, 0.5) is 0 Å². The number of methoxy groups -OCH3 is 1. The van der Waals surface area contributed by atoms with Crippen molar-refractivity contribution in [2.75, 3.05) is 12.9 Å². The van der Waals surface area contributed by atoms with E-state index in [4.69, 9.17) is 5.26 Å². The molecule has 90 valence electrons. The van der Waals surface area contributed by atoms with Crippen LogP contribution in [0, 0.1) is 25.2 Å². The monoisotopic (exact) mass is 251 g/mol. The van der Waals surface area contributed by atoms with E-state index in [1.54, 1.807) is 0 Å². The molecular weight excluding hydrogens is 238 g/mol. The largest absolute Gasteiger partial charge is 0.469 e. The molecule has 0 saturated carbocycles. The van der Waals surface area contributed by atoms with Crippen molar-refractivity contribution in [3.05, 3.63) is 16.8 Å². The second-order valence-electron chi connectivity index (χ2n) is 3.38. The number of ether oxygens (including phenoxy) is 1. The molecule has 1 aromatic rings. The number of thioether (sulfide) groups is 1. The van der Waals surface area contributed by atoms with Crippen LogP contribution < -0.4 is 0 Å². The molecule has 0 aliphatic carbocycles. The molecule has 0 aromatic carbocycles. The third-order valence-electron chi connectivity index (χ3n) is 2.31. The normalized spacial score (nSPS) is 9.76. The zero-order valence-electron chi connectivity index (χ0n) is 9.98. The van der Waals surface area contributed by atoms with E-state index >= 15 is 0 Å². The van der Waals surface area contributed by atoms with Crippen molar-refractivity contribution in [3.8, 4) is 6.07 Å². The maximum absolute atomic E-state index is 10.9. The number of aromatic nitrogens is 2. The summed E-state index contributed by atoms with van der Waals surface area (Å²) in [5.74, 6) is 0.256. The average Bonchev–Trinajstić information content (AvgIpc) is 2.33. The van der Waals surface area contributed by atoms with E-state index in [1.807, 2.05) is 13.8 Å². The third-order valence-corrected chi connectivity index (χ3v) is 3.27. The van der Waals surface area contributed by atoms with Crippen LogP contribution in [0.5, 0.6) is 0 Å². The highest BCUT2D eigenvalue weighted by Crippen LogP contribution is 2.23. The summed E-state index contributed by atoms with van der Waals surface area (Å²) in [7, 11) is 1.35. The predicted molar refractivity (Wildman–Crippen MR) is 63.6 cm³/mol. The van der Waals surface area contributed by atoms with Gasteiger partial charge in [0.1, 0.15) is 11.1 Å². The lowest BCUT2D eigenvalue weighted by atomic mass is 10.1. The van der Waals surface area contributed by atoms with E-state index in [9.17, 15) is 4.79 Å². The molecule has 0 bridgehead atoms. The number of nitrogens with zero attached hydrogens (tertiary/aromatic N) is 3. The first-order valence-corrected chi connectivity index (χ1v) is 6.02. The SMILES string of the molecule is COC(=O)CCSc1nnc(C)c(C)c1C#N. The van der Waals surface area contributed by atoms with Crippen LogP contribution >= 0.6 is 11.8 Å². The van der Waals surface area contributed by atoms with Gasteiger partial charge in [-0.2, -0.15) is 10.4 Å². The number of carbonyl (C=O) groups is 1.